The largest absolute Gasteiger partial charge is 0.378 e. The molecule has 1 amide bonds. The van der Waals surface area contributed by atoms with Crippen molar-refractivity contribution in [2.24, 2.45) is 11.1 Å². The Labute approximate surface area is 116 Å². The summed E-state index contributed by atoms with van der Waals surface area (Å²) in [6.45, 7) is 7.42. The van der Waals surface area contributed by atoms with Crippen LogP contribution >= 0.6 is 0 Å². The van der Waals surface area contributed by atoms with Gasteiger partial charge in [0.2, 0.25) is 5.91 Å². The number of hydrogen-bond donors (Lipinski definition) is 2. The van der Waals surface area contributed by atoms with Gasteiger partial charge in [0, 0.05) is 19.1 Å². The highest BCUT2D eigenvalue weighted by Gasteiger charge is 2.47. The summed E-state index contributed by atoms with van der Waals surface area (Å²) in [5.74, 6) is -0.207. The Morgan fingerprint density at radius 2 is 2.05 bits per heavy atom. The Morgan fingerprint density at radius 3 is 2.58 bits per heavy atom. The molecule has 2 aliphatic rings. The number of amides is 1. The molecule has 0 aromatic rings. The van der Waals surface area contributed by atoms with Crippen molar-refractivity contribution in [2.45, 2.75) is 77.0 Å². The molecule has 0 aromatic heterocycles. The van der Waals surface area contributed by atoms with Crippen LogP contribution in [-0.4, -0.2) is 30.2 Å². The minimum absolute atomic E-state index is 0.182. The molecule has 0 aromatic carbocycles. The van der Waals surface area contributed by atoms with Crippen molar-refractivity contribution < 1.29 is 9.53 Å². The SMILES string of the molecule is CC(C)(C)CCOC1CCC(NC2CC2)(C(N)=O)C1. The van der Waals surface area contributed by atoms with E-state index in [1.165, 1.54) is 12.8 Å². The van der Waals surface area contributed by atoms with Crippen LogP contribution in [0.5, 0.6) is 0 Å². The molecule has 2 atom stereocenters. The normalized spacial score (nSPS) is 31.6. The third-order valence-electron chi connectivity index (χ3n) is 4.20. The fourth-order valence-corrected chi connectivity index (χ4v) is 2.72. The molecular formula is C15H28N2O2. The Kier molecular flexibility index (Phi) is 4.21. The zero-order valence-electron chi connectivity index (χ0n) is 12.5. The number of carbonyl (C=O) groups excluding carboxylic acids is 1. The van der Waals surface area contributed by atoms with Crippen molar-refractivity contribution >= 4 is 5.91 Å². The van der Waals surface area contributed by atoms with E-state index < -0.39 is 5.54 Å². The molecule has 110 valence electrons. The van der Waals surface area contributed by atoms with Gasteiger partial charge in [0.1, 0.15) is 5.54 Å². The molecule has 19 heavy (non-hydrogen) atoms. The zero-order valence-corrected chi connectivity index (χ0v) is 12.5. The molecule has 4 heteroatoms. The van der Waals surface area contributed by atoms with E-state index in [2.05, 4.69) is 26.1 Å². The summed E-state index contributed by atoms with van der Waals surface area (Å²) < 4.78 is 5.94. The van der Waals surface area contributed by atoms with Crippen LogP contribution in [0.15, 0.2) is 0 Å². The highest BCUT2D eigenvalue weighted by Crippen LogP contribution is 2.35. The molecule has 2 saturated carbocycles. The number of nitrogens with two attached hydrogens (primary N) is 1. The van der Waals surface area contributed by atoms with Crippen LogP contribution in [0.25, 0.3) is 0 Å². The third kappa shape index (κ3) is 4.18. The molecule has 0 saturated heterocycles. The van der Waals surface area contributed by atoms with Gasteiger partial charge >= 0.3 is 0 Å². The van der Waals surface area contributed by atoms with Gasteiger partial charge < -0.3 is 15.8 Å². The van der Waals surface area contributed by atoms with Gasteiger partial charge in [-0.1, -0.05) is 20.8 Å². The summed E-state index contributed by atoms with van der Waals surface area (Å²) in [5, 5.41) is 3.45. The summed E-state index contributed by atoms with van der Waals surface area (Å²) in [6.07, 6.45) is 6.06. The van der Waals surface area contributed by atoms with E-state index in [1.54, 1.807) is 0 Å². The van der Waals surface area contributed by atoms with Crippen LogP contribution in [0.1, 0.15) is 59.3 Å². The first kappa shape index (κ1) is 14.8. The van der Waals surface area contributed by atoms with Crippen molar-refractivity contribution in [1.82, 2.24) is 5.32 Å². The Balaban J connectivity index is 1.81. The second-order valence-corrected chi connectivity index (χ2v) is 7.41. The van der Waals surface area contributed by atoms with Gasteiger partial charge in [-0.05, 0) is 37.5 Å². The van der Waals surface area contributed by atoms with Crippen LogP contribution < -0.4 is 11.1 Å². The van der Waals surface area contributed by atoms with E-state index in [1.807, 2.05) is 0 Å². The first-order chi connectivity index (χ1) is 8.81. The molecule has 4 nitrogen and oxygen atoms in total. The van der Waals surface area contributed by atoms with E-state index in [4.69, 9.17) is 10.5 Å². The minimum atomic E-state index is -0.506. The quantitative estimate of drug-likeness (QED) is 0.774. The fourth-order valence-electron chi connectivity index (χ4n) is 2.72. The van der Waals surface area contributed by atoms with Gasteiger partial charge in [-0.25, -0.2) is 0 Å². The highest BCUT2D eigenvalue weighted by atomic mass is 16.5. The number of nitrogens with one attached hydrogen (secondary N) is 1. The van der Waals surface area contributed by atoms with Gasteiger partial charge in [0.25, 0.3) is 0 Å². The maximum atomic E-state index is 11.8. The predicted octanol–water partition coefficient (Wildman–Crippen LogP) is 1.97. The molecule has 0 heterocycles. The second-order valence-electron chi connectivity index (χ2n) is 7.41. The van der Waals surface area contributed by atoms with E-state index in [0.717, 1.165) is 32.3 Å². The summed E-state index contributed by atoms with van der Waals surface area (Å²) >= 11 is 0. The van der Waals surface area contributed by atoms with Gasteiger partial charge in [-0.2, -0.15) is 0 Å². The molecule has 2 unspecified atom stereocenters. The van der Waals surface area contributed by atoms with Gasteiger partial charge in [0.15, 0.2) is 0 Å². The van der Waals surface area contributed by atoms with Crippen molar-refractivity contribution in [3.05, 3.63) is 0 Å². The van der Waals surface area contributed by atoms with Crippen LogP contribution in [0.4, 0.5) is 0 Å². The highest BCUT2D eigenvalue weighted by molar-refractivity contribution is 5.85. The minimum Gasteiger partial charge on any atom is -0.378 e. The summed E-state index contributed by atoms with van der Waals surface area (Å²) in [7, 11) is 0. The first-order valence-electron chi connectivity index (χ1n) is 7.50. The molecule has 3 N–H and O–H groups in total. The number of primary amides is 1. The summed E-state index contributed by atoms with van der Waals surface area (Å²) in [5.41, 5.74) is 5.40. The molecule has 0 spiro atoms. The Hall–Kier alpha value is -0.610. The van der Waals surface area contributed by atoms with Crippen LogP contribution in [0, 0.1) is 5.41 Å². The maximum absolute atomic E-state index is 11.8. The molecule has 2 rings (SSSR count). The number of rotatable bonds is 6. The van der Waals surface area contributed by atoms with E-state index >= 15 is 0 Å². The Bertz CT molecular complexity index is 334. The van der Waals surface area contributed by atoms with Crippen LogP contribution in [0.3, 0.4) is 0 Å². The van der Waals surface area contributed by atoms with Gasteiger partial charge in [-0.15, -0.1) is 0 Å². The van der Waals surface area contributed by atoms with E-state index in [9.17, 15) is 4.79 Å². The second kappa shape index (κ2) is 5.41. The Morgan fingerprint density at radius 1 is 1.37 bits per heavy atom. The standard InChI is InChI=1S/C15H28N2O2/c1-14(2,3)8-9-19-12-6-7-15(10-12,13(16)18)17-11-4-5-11/h11-12,17H,4-10H2,1-3H3,(H2,16,18). The fraction of sp³-hybridized carbons (Fsp3) is 0.933. The van der Waals surface area contributed by atoms with Crippen LogP contribution in [0.2, 0.25) is 0 Å². The molecule has 0 bridgehead atoms. The third-order valence-corrected chi connectivity index (χ3v) is 4.20. The maximum Gasteiger partial charge on any atom is 0.237 e. The molecule has 0 aliphatic heterocycles. The van der Waals surface area contributed by atoms with Crippen LogP contribution in [-0.2, 0) is 9.53 Å². The number of carbonyl (C=O) groups is 1. The average Bonchev–Trinajstić information content (AvgIpc) is 2.97. The van der Waals surface area contributed by atoms with Crippen molar-refractivity contribution in [3.63, 3.8) is 0 Å². The smallest absolute Gasteiger partial charge is 0.237 e. The monoisotopic (exact) mass is 268 g/mol. The average molecular weight is 268 g/mol. The molecule has 0 radical (unpaired) electrons. The lowest BCUT2D eigenvalue weighted by Crippen LogP contribution is -2.54. The topological polar surface area (TPSA) is 64.3 Å². The summed E-state index contributed by atoms with van der Waals surface area (Å²) in [4.78, 5) is 11.8. The number of hydrogen-bond acceptors (Lipinski definition) is 3. The van der Waals surface area contributed by atoms with Gasteiger partial charge in [-0.3, -0.25) is 4.79 Å². The number of ether oxygens (including phenoxy) is 1. The summed E-state index contributed by atoms with van der Waals surface area (Å²) in [6, 6.07) is 0.501. The molecular weight excluding hydrogens is 240 g/mol. The lowest BCUT2D eigenvalue weighted by atomic mass is 9.93. The first-order valence-corrected chi connectivity index (χ1v) is 7.50. The lowest BCUT2D eigenvalue weighted by molar-refractivity contribution is -0.124. The van der Waals surface area contributed by atoms with Crippen molar-refractivity contribution in [1.29, 1.82) is 0 Å². The van der Waals surface area contributed by atoms with E-state index in [0.29, 0.717) is 11.5 Å². The lowest BCUT2D eigenvalue weighted by Gasteiger charge is -2.27. The zero-order chi connectivity index (χ0) is 14.1. The molecule has 2 fully saturated rings. The van der Waals surface area contributed by atoms with Crippen molar-refractivity contribution in [2.75, 3.05) is 6.61 Å². The predicted molar refractivity (Wildman–Crippen MR) is 75.7 cm³/mol. The van der Waals surface area contributed by atoms with Gasteiger partial charge in [0.05, 0.1) is 6.10 Å². The molecule has 2 aliphatic carbocycles. The van der Waals surface area contributed by atoms with Crippen molar-refractivity contribution in [3.8, 4) is 0 Å². The van der Waals surface area contributed by atoms with E-state index in [-0.39, 0.29) is 12.0 Å².